The topological polar surface area (TPSA) is 80.8 Å². The largest absolute Gasteiger partial charge is 0.497 e. The summed E-state index contributed by atoms with van der Waals surface area (Å²) in [4.78, 5) is 31.2. The van der Waals surface area contributed by atoms with Crippen molar-refractivity contribution in [3.05, 3.63) is 48.2 Å². The Morgan fingerprint density at radius 1 is 1.28 bits per heavy atom. The van der Waals surface area contributed by atoms with Gasteiger partial charge in [0.1, 0.15) is 17.4 Å². The van der Waals surface area contributed by atoms with Crippen molar-refractivity contribution in [1.29, 1.82) is 0 Å². The van der Waals surface area contributed by atoms with Crippen molar-refractivity contribution in [1.82, 2.24) is 10.3 Å². The molecule has 2 saturated heterocycles. The van der Waals surface area contributed by atoms with E-state index in [9.17, 15) is 9.59 Å². The summed E-state index contributed by atoms with van der Waals surface area (Å²) < 4.78 is 11.1. The number of pyridine rings is 1. The predicted octanol–water partition coefficient (Wildman–Crippen LogP) is 2.51. The maximum atomic E-state index is 12.8. The zero-order chi connectivity index (χ0) is 20.2. The Kier molecular flexibility index (Phi) is 5.89. The monoisotopic (exact) mass is 413 g/mol. The second-order valence-corrected chi connectivity index (χ2v) is 8.19. The number of aromatic nitrogens is 1. The maximum absolute atomic E-state index is 12.8. The van der Waals surface area contributed by atoms with Crippen molar-refractivity contribution in [3.63, 3.8) is 0 Å². The Balaban J connectivity index is 1.42. The van der Waals surface area contributed by atoms with Crippen molar-refractivity contribution in [2.75, 3.05) is 30.1 Å². The number of amides is 2. The molecule has 2 unspecified atom stereocenters. The van der Waals surface area contributed by atoms with E-state index in [0.29, 0.717) is 18.0 Å². The minimum Gasteiger partial charge on any atom is -0.497 e. The highest BCUT2D eigenvalue weighted by Gasteiger charge is 2.32. The standard InChI is InChI=1S/C21H23N3O4S/c1-27-16-6-4-15(5-7-16)24-12-14(11-19(24)25)23-20(26)18-3-2-9-22-21(18)28-17-8-10-29-13-17/h2-7,9,14,17H,8,10-13H2,1H3,(H,23,26). The third-order valence-corrected chi connectivity index (χ3v) is 6.16. The average Bonchev–Trinajstić information content (AvgIpc) is 3.38. The molecule has 8 heteroatoms. The van der Waals surface area contributed by atoms with Crippen molar-refractivity contribution < 1.29 is 19.1 Å². The van der Waals surface area contributed by atoms with Gasteiger partial charge in [-0.1, -0.05) is 0 Å². The number of benzene rings is 1. The molecule has 2 atom stereocenters. The molecular formula is C21H23N3O4S. The molecule has 0 saturated carbocycles. The van der Waals surface area contributed by atoms with E-state index in [0.717, 1.165) is 29.4 Å². The predicted molar refractivity (Wildman–Crippen MR) is 112 cm³/mol. The van der Waals surface area contributed by atoms with Crippen molar-refractivity contribution in [2.45, 2.75) is 25.0 Å². The molecule has 2 amide bonds. The molecule has 2 aliphatic heterocycles. The van der Waals surface area contributed by atoms with E-state index in [-0.39, 0.29) is 30.4 Å². The molecule has 0 spiro atoms. The van der Waals surface area contributed by atoms with E-state index in [2.05, 4.69) is 10.3 Å². The van der Waals surface area contributed by atoms with Gasteiger partial charge < -0.3 is 19.7 Å². The van der Waals surface area contributed by atoms with Gasteiger partial charge in [-0.05, 0) is 48.6 Å². The molecule has 2 aromatic rings. The molecule has 2 aliphatic rings. The van der Waals surface area contributed by atoms with E-state index in [4.69, 9.17) is 9.47 Å². The molecule has 152 valence electrons. The molecule has 1 N–H and O–H groups in total. The van der Waals surface area contributed by atoms with Gasteiger partial charge in [-0.2, -0.15) is 11.8 Å². The lowest BCUT2D eigenvalue weighted by Gasteiger charge is -2.18. The van der Waals surface area contributed by atoms with Crippen LogP contribution in [0.1, 0.15) is 23.2 Å². The third-order valence-electron chi connectivity index (χ3n) is 5.03. The van der Waals surface area contributed by atoms with Crippen LogP contribution in [0.2, 0.25) is 0 Å². The van der Waals surface area contributed by atoms with Crippen LogP contribution in [0.5, 0.6) is 11.6 Å². The summed E-state index contributed by atoms with van der Waals surface area (Å²) in [7, 11) is 1.60. The first-order valence-electron chi connectivity index (χ1n) is 9.58. The van der Waals surface area contributed by atoms with E-state index in [1.165, 1.54) is 0 Å². The highest BCUT2D eigenvalue weighted by Crippen LogP contribution is 2.26. The second-order valence-electron chi connectivity index (χ2n) is 7.04. The van der Waals surface area contributed by atoms with Crippen molar-refractivity contribution in [2.24, 2.45) is 0 Å². The fourth-order valence-corrected chi connectivity index (χ4v) is 4.59. The summed E-state index contributed by atoms with van der Waals surface area (Å²) in [5, 5.41) is 2.96. The molecular weight excluding hydrogens is 390 g/mol. The van der Waals surface area contributed by atoms with E-state index in [1.54, 1.807) is 30.3 Å². The van der Waals surface area contributed by atoms with Crippen LogP contribution in [0.25, 0.3) is 0 Å². The van der Waals surface area contributed by atoms with E-state index in [1.807, 2.05) is 36.0 Å². The zero-order valence-electron chi connectivity index (χ0n) is 16.2. The Hall–Kier alpha value is -2.74. The molecule has 0 bridgehead atoms. The van der Waals surface area contributed by atoms with Gasteiger partial charge in [0.05, 0.1) is 13.2 Å². The molecule has 3 heterocycles. The number of nitrogens with one attached hydrogen (secondary N) is 1. The molecule has 2 fully saturated rings. The van der Waals surface area contributed by atoms with Gasteiger partial charge in [0.2, 0.25) is 11.8 Å². The van der Waals surface area contributed by atoms with Gasteiger partial charge >= 0.3 is 0 Å². The lowest BCUT2D eigenvalue weighted by Crippen LogP contribution is -2.37. The third kappa shape index (κ3) is 4.48. The summed E-state index contributed by atoms with van der Waals surface area (Å²) in [5.41, 5.74) is 1.19. The first kappa shape index (κ1) is 19.6. The maximum Gasteiger partial charge on any atom is 0.257 e. The van der Waals surface area contributed by atoms with E-state index < -0.39 is 0 Å². The van der Waals surface area contributed by atoms with Crippen LogP contribution in [-0.2, 0) is 4.79 Å². The second kappa shape index (κ2) is 8.73. The number of hydrogen-bond acceptors (Lipinski definition) is 6. The highest BCUT2D eigenvalue weighted by atomic mass is 32.2. The molecule has 0 radical (unpaired) electrons. The number of ether oxygens (including phenoxy) is 2. The Morgan fingerprint density at radius 2 is 2.10 bits per heavy atom. The molecule has 0 aliphatic carbocycles. The SMILES string of the molecule is COc1ccc(N2CC(NC(=O)c3cccnc3OC3CCSC3)CC2=O)cc1. The minimum absolute atomic E-state index is 0.0221. The number of anilines is 1. The molecule has 4 rings (SSSR count). The number of thioether (sulfide) groups is 1. The van der Waals surface area contributed by atoms with Crippen LogP contribution < -0.4 is 19.7 Å². The van der Waals surface area contributed by atoms with Gasteiger partial charge in [-0.3, -0.25) is 9.59 Å². The van der Waals surface area contributed by atoms with Crippen LogP contribution in [0.15, 0.2) is 42.6 Å². The smallest absolute Gasteiger partial charge is 0.257 e. The number of methoxy groups -OCH3 is 1. The van der Waals surface area contributed by atoms with E-state index >= 15 is 0 Å². The minimum atomic E-state index is -0.271. The number of nitrogens with zero attached hydrogens (tertiary/aromatic N) is 2. The first-order chi connectivity index (χ1) is 14.1. The highest BCUT2D eigenvalue weighted by molar-refractivity contribution is 7.99. The number of rotatable bonds is 6. The van der Waals surface area contributed by atoms with Gasteiger partial charge in [0.25, 0.3) is 5.91 Å². The summed E-state index contributed by atoms with van der Waals surface area (Å²) in [6.07, 6.45) is 2.92. The molecule has 1 aromatic carbocycles. The number of hydrogen-bond donors (Lipinski definition) is 1. The average molecular weight is 413 g/mol. The fourth-order valence-electron chi connectivity index (χ4n) is 3.50. The normalized spacial score (nSPS) is 21.3. The Morgan fingerprint density at radius 3 is 2.83 bits per heavy atom. The summed E-state index contributed by atoms with van der Waals surface area (Å²) in [6.45, 7) is 0.423. The number of carbonyl (C=O) groups excluding carboxylic acids is 2. The van der Waals surface area contributed by atoms with Crippen LogP contribution in [0.3, 0.4) is 0 Å². The molecule has 29 heavy (non-hydrogen) atoms. The Bertz CT molecular complexity index is 884. The van der Waals surface area contributed by atoms with Crippen LogP contribution >= 0.6 is 11.8 Å². The van der Waals surface area contributed by atoms with Crippen LogP contribution in [0, 0.1) is 0 Å². The molecule has 1 aromatic heterocycles. The molecule has 7 nitrogen and oxygen atoms in total. The first-order valence-corrected chi connectivity index (χ1v) is 10.7. The van der Waals surface area contributed by atoms with Gasteiger partial charge in [-0.15, -0.1) is 0 Å². The summed E-state index contributed by atoms with van der Waals surface area (Å²) >= 11 is 1.84. The summed E-state index contributed by atoms with van der Waals surface area (Å²) in [5.74, 6) is 2.76. The van der Waals surface area contributed by atoms with Crippen LogP contribution in [-0.4, -0.2) is 54.1 Å². The van der Waals surface area contributed by atoms with Crippen molar-refractivity contribution >= 4 is 29.3 Å². The fraction of sp³-hybridized carbons (Fsp3) is 0.381. The quantitative estimate of drug-likeness (QED) is 0.784. The van der Waals surface area contributed by atoms with Gasteiger partial charge in [-0.25, -0.2) is 4.98 Å². The van der Waals surface area contributed by atoms with Crippen LogP contribution in [0.4, 0.5) is 5.69 Å². The Labute approximate surface area is 173 Å². The van der Waals surface area contributed by atoms with Gasteiger partial charge in [0.15, 0.2) is 0 Å². The van der Waals surface area contributed by atoms with Crippen molar-refractivity contribution in [3.8, 4) is 11.6 Å². The lowest BCUT2D eigenvalue weighted by molar-refractivity contribution is -0.117. The lowest BCUT2D eigenvalue weighted by atomic mass is 10.2. The zero-order valence-corrected chi connectivity index (χ0v) is 17.0. The van der Waals surface area contributed by atoms with Gasteiger partial charge in [0, 0.05) is 30.6 Å². The summed E-state index contributed by atoms with van der Waals surface area (Å²) in [6, 6.07) is 10.5. The number of carbonyl (C=O) groups is 2.